The van der Waals surface area contributed by atoms with Crippen LogP contribution in [0.15, 0.2) is 60.7 Å². The summed E-state index contributed by atoms with van der Waals surface area (Å²) in [7, 11) is 0. The summed E-state index contributed by atoms with van der Waals surface area (Å²) in [5.41, 5.74) is 1.93. The monoisotopic (exact) mass is 239 g/mol. The molecule has 0 heterocycles. The van der Waals surface area contributed by atoms with E-state index in [-0.39, 0.29) is 18.5 Å². The van der Waals surface area contributed by atoms with Crippen LogP contribution in [0, 0.1) is 6.92 Å². The maximum absolute atomic E-state index is 11.5. The van der Waals surface area contributed by atoms with E-state index in [1.165, 1.54) is 0 Å². The number of hydrogen-bond acceptors (Lipinski definition) is 2. The smallest absolute Gasteiger partial charge is 0.306 e. The Morgan fingerprint density at radius 2 is 1.39 bits per heavy atom. The van der Waals surface area contributed by atoms with E-state index in [0.717, 1.165) is 11.1 Å². The molecule has 0 saturated heterocycles. The molecule has 0 aliphatic rings. The second kappa shape index (κ2) is 6.01. The predicted molar refractivity (Wildman–Crippen MR) is 70.8 cm³/mol. The first-order chi connectivity index (χ1) is 8.81. The largest absolute Gasteiger partial charge is 0.453 e. The van der Waals surface area contributed by atoms with Crippen molar-refractivity contribution in [2.45, 2.75) is 12.5 Å². The minimum atomic E-state index is -0.360. The first kappa shape index (κ1) is 12.4. The second-order valence-corrected chi connectivity index (χ2v) is 3.94. The molecule has 0 fully saturated rings. The third-order valence-corrected chi connectivity index (χ3v) is 2.66. The van der Waals surface area contributed by atoms with Crippen LogP contribution in [0.4, 0.5) is 0 Å². The molecule has 0 unspecified atom stereocenters. The standard InChI is InChI=1S/C16H15O2/c1-2-15(17)18-16(13-9-5-3-6-10-13)14-11-7-4-8-12-14/h3-12,16H,1-2H2. The predicted octanol–water partition coefficient (Wildman–Crippen LogP) is 3.54. The van der Waals surface area contributed by atoms with Crippen molar-refractivity contribution < 1.29 is 9.53 Å². The highest BCUT2D eigenvalue weighted by Crippen LogP contribution is 2.26. The molecule has 2 aromatic rings. The van der Waals surface area contributed by atoms with Gasteiger partial charge in [-0.15, -0.1) is 0 Å². The number of benzene rings is 2. The van der Waals surface area contributed by atoms with Crippen LogP contribution in [-0.2, 0) is 9.53 Å². The zero-order valence-electron chi connectivity index (χ0n) is 10.1. The van der Waals surface area contributed by atoms with E-state index in [4.69, 9.17) is 4.74 Å². The Morgan fingerprint density at radius 1 is 0.944 bits per heavy atom. The summed E-state index contributed by atoms with van der Waals surface area (Å²) < 4.78 is 5.47. The Kier molecular flexibility index (Phi) is 4.13. The summed E-state index contributed by atoms with van der Waals surface area (Å²) in [6.45, 7) is 3.55. The van der Waals surface area contributed by atoms with Crippen LogP contribution in [0.2, 0.25) is 0 Å². The van der Waals surface area contributed by atoms with Gasteiger partial charge in [-0.25, -0.2) is 0 Å². The van der Waals surface area contributed by atoms with E-state index >= 15 is 0 Å². The SMILES string of the molecule is [CH2]CC(=O)OC(c1ccccc1)c1ccccc1. The zero-order chi connectivity index (χ0) is 12.8. The maximum Gasteiger partial charge on any atom is 0.306 e. The summed E-state index contributed by atoms with van der Waals surface area (Å²) in [5.74, 6) is -0.298. The van der Waals surface area contributed by atoms with Gasteiger partial charge >= 0.3 is 5.97 Å². The van der Waals surface area contributed by atoms with Crippen molar-refractivity contribution in [1.82, 2.24) is 0 Å². The lowest BCUT2D eigenvalue weighted by Gasteiger charge is -2.18. The molecular weight excluding hydrogens is 224 g/mol. The van der Waals surface area contributed by atoms with Crippen LogP contribution in [0.25, 0.3) is 0 Å². The summed E-state index contributed by atoms with van der Waals surface area (Å²) in [6.07, 6.45) is -0.224. The van der Waals surface area contributed by atoms with E-state index in [2.05, 4.69) is 6.92 Å². The highest BCUT2D eigenvalue weighted by Gasteiger charge is 2.17. The Hall–Kier alpha value is -2.09. The third kappa shape index (κ3) is 2.98. The normalized spacial score (nSPS) is 10.3. The number of hydrogen-bond donors (Lipinski definition) is 0. The first-order valence-electron chi connectivity index (χ1n) is 5.90. The molecule has 0 spiro atoms. The zero-order valence-corrected chi connectivity index (χ0v) is 10.1. The minimum absolute atomic E-state index is 0.135. The highest BCUT2D eigenvalue weighted by molar-refractivity contribution is 5.70. The molecule has 0 bridgehead atoms. The molecule has 0 aromatic heterocycles. The molecule has 91 valence electrons. The van der Waals surface area contributed by atoms with Crippen LogP contribution >= 0.6 is 0 Å². The molecule has 0 saturated carbocycles. The van der Waals surface area contributed by atoms with Crippen molar-refractivity contribution in [2.24, 2.45) is 0 Å². The Labute approximate surface area is 107 Å². The van der Waals surface area contributed by atoms with E-state index in [0.29, 0.717) is 0 Å². The van der Waals surface area contributed by atoms with Gasteiger partial charge in [-0.3, -0.25) is 4.79 Å². The number of rotatable bonds is 4. The van der Waals surface area contributed by atoms with Crippen molar-refractivity contribution >= 4 is 5.97 Å². The Bertz CT molecular complexity index is 452. The quantitative estimate of drug-likeness (QED) is 0.763. The second-order valence-electron chi connectivity index (χ2n) is 3.94. The molecule has 2 heteroatoms. The van der Waals surface area contributed by atoms with Crippen molar-refractivity contribution in [2.75, 3.05) is 0 Å². The third-order valence-electron chi connectivity index (χ3n) is 2.66. The fourth-order valence-corrected chi connectivity index (χ4v) is 1.77. The molecular formula is C16H15O2. The number of ether oxygens (including phenoxy) is 1. The van der Waals surface area contributed by atoms with E-state index in [1.807, 2.05) is 60.7 Å². The number of esters is 1. The molecule has 2 rings (SSSR count). The molecule has 0 aliphatic carbocycles. The van der Waals surface area contributed by atoms with Gasteiger partial charge in [-0.1, -0.05) is 60.7 Å². The van der Waals surface area contributed by atoms with Gasteiger partial charge in [0.1, 0.15) is 0 Å². The lowest BCUT2D eigenvalue weighted by molar-refractivity contribution is -0.146. The van der Waals surface area contributed by atoms with E-state index in [1.54, 1.807) is 0 Å². The van der Waals surface area contributed by atoms with Gasteiger partial charge in [-0.05, 0) is 18.1 Å². The van der Waals surface area contributed by atoms with Crippen molar-refractivity contribution in [1.29, 1.82) is 0 Å². The summed E-state index contributed by atoms with van der Waals surface area (Å²) >= 11 is 0. The lowest BCUT2D eigenvalue weighted by atomic mass is 10.0. The van der Waals surface area contributed by atoms with Gasteiger partial charge in [-0.2, -0.15) is 0 Å². The average molecular weight is 239 g/mol. The fourth-order valence-electron chi connectivity index (χ4n) is 1.77. The van der Waals surface area contributed by atoms with Crippen LogP contribution in [0.3, 0.4) is 0 Å². The van der Waals surface area contributed by atoms with Crippen molar-refractivity contribution in [3.05, 3.63) is 78.7 Å². The van der Waals surface area contributed by atoms with E-state index in [9.17, 15) is 4.79 Å². The Morgan fingerprint density at radius 3 is 1.78 bits per heavy atom. The summed E-state index contributed by atoms with van der Waals surface area (Å²) in [4.78, 5) is 11.5. The van der Waals surface area contributed by atoms with Crippen LogP contribution < -0.4 is 0 Å². The van der Waals surface area contributed by atoms with Crippen LogP contribution in [-0.4, -0.2) is 5.97 Å². The van der Waals surface area contributed by atoms with Gasteiger partial charge in [0, 0.05) is 6.42 Å². The van der Waals surface area contributed by atoms with Crippen LogP contribution in [0.5, 0.6) is 0 Å². The van der Waals surface area contributed by atoms with Gasteiger partial charge in [0.2, 0.25) is 0 Å². The molecule has 2 aromatic carbocycles. The van der Waals surface area contributed by atoms with Gasteiger partial charge < -0.3 is 4.74 Å². The fraction of sp³-hybridized carbons (Fsp3) is 0.125. The molecule has 0 aliphatic heterocycles. The summed E-state index contributed by atoms with van der Waals surface area (Å²) in [5, 5.41) is 0. The highest BCUT2D eigenvalue weighted by atomic mass is 16.5. The minimum Gasteiger partial charge on any atom is -0.453 e. The molecule has 0 N–H and O–H groups in total. The molecule has 2 nitrogen and oxygen atoms in total. The molecule has 0 atom stereocenters. The van der Waals surface area contributed by atoms with Gasteiger partial charge in [0.15, 0.2) is 6.10 Å². The molecule has 1 radical (unpaired) electrons. The number of carbonyl (C=O) groups excluding carboxylic acids is 1. The van der Waals surface area contributed by atoms with E-state index < -0.39 is 0 Å². The van der Waals surface area contributed by atoms with Gasteiger partial charge in [0.25, 0.3) is 0 Å². The first-order valence-corrected chi connectivity index (χ1v) is 5.90. The van der Waals surface area contributed by atoms with Crippen LogP contribution in [0.1, 0.15) is 23.7 Å². The Balaban J connectivity index is 2.32. The summed E-state index contributed by atoms with van der Waals surface area (Å²) in [6, 6.07) is 19.4. The average Bonchev–Trinajstić information content (AvgIpc) is 2.46. The topological polar surface area (TPSA) is 26.3 Å². The maximum atomic E-state index is 11.5. The van der Waals surface area contributed by atoms with Crippen molar-refractivity contribution in [3.8, 4) is 0 Å². The molecule has 18 heavy (non-hydrogen) atoms. The van der Waals surface area contributed by atoms with Gasteiger partial charge in [0.05, 0.1) is 0 Å². The lowest BCUT2D eigenvalue weighted by Crippen LogP contribution is -2.11. The molecule has 0 amide bonds. The van der Waals surface area contributed by atoms with Crippen molar-refractivity contribution in [3.63, 3.8) is 0 Å². The number of carbonyl (C=O) groups is 1.